The molecule has 1 aliphatic heterocycles. The molecule has 29 heavy (non-hydrogen) atoms. The van der Waals surface area contributed by atoms with Crippen molar-refractivity contribution in [2.75, 3.05) is 18.4 Å². The standard InChI is InChI=1S/C24H28N4O/c1-17-24(18(2)27-26-17)22-13-8-14-28(22)16-23(29)25-21-12-7-6-11-20(21)15-19-9-4-3-5-10-19/h3-7,9-12,22H,8,13-16H2,1-2H3,(H,25,29)(H,26,27). The summed E-state index contributed by atoms with van der Waals surface area (Å²) in [5.74, 6) is 0.0382. The molecule has 0 aliphatic carbocycles. The molecule has 2 heterocycles. The Morgan fingerprint density at radius 3 is 2.66 bits per heavy atom. The first kappa shape index (κ1) is 19.4. The van der Waals surface area contributed by atoms with Gasteiger partial charge in [-0.05, 0) is 56.8 Å². The number of anilines is 1. The number of nitrogens with zero attached hydrogens (tertiary/aromatic N) is 2. The molecule has 1 amide bonds. The fraction of sp³-hybridized carbons (Fsp3) is 0.333. The van der Waals surface area contributed by atoms with E-state index in [9.17, 15) is 4.79 Å². The molecule has 5 heteroatoms. The van der Waals surface area contributed by atoms with Gasteiger partial charge in [0.05, 0.1) is 12.2 Å². The molecule has 2 N–H and O–H groups in total. The highest BCUT2D eigenvalue weighted by atomic mass is 16.2. The van der Waals surface area contributed by atoms with Crippen LogP contribution in [0.15, 0.2) is 54.6 Å². The molecule has 1 aromatic heterocycles. The lowest BCUT2D eigenvalue weighted by Crippen LogP contribution is -2.33. The van der Waals surface area contributed by atoms with E-state index in [0.717, 1.165) is 48.4 Å². The maximum absolute atomic E-state index is 12.9. The lowest BCUT2D eigenvalue weighted by molar-refractivity contribution is -0.117. The molecular weight excluding hydrogens is 360 g/mol. The van der Waals surface area contributed by atoms with Crippen LogP contribution in [0.5, 0.6) is 0 Å². The molecule has 0 saturated carbocycles. The highest BCUT2D eigenvalue weighted by molar-refractivity contribution is 5.93. The lowest BCUT2D eigenvalue weighted by atomic mass is 10.0. The second-order valence-electron chi connectivity index (χ2n) is 7.84. The molecule has 1 aliphatic rings. The Labute approximate surface area is 172 Å². The molecule has 0 spiro atoms. The van der Waals surface area contributed by atoms with E-state index in [1.807, 2.05) is 43.3 Å². The van der Waals surface area contributed by atoms with Gasteiger partial charge in [0, 0.05) is 23.0 Å². The van der Waals surface area contributed by atoms with Crippen molar-refractivity contribution in [3.8, 4) is 0 Å². The zero-order valence-electron chi connectivity index (χ0n) is 17.1. The number of aryl methyl sites for hydroxylation is 2. The van der Waals surface area contributed by atoms with Crippen molar-refractivity contribution in [2.45, 2.75) is 39.2 Å². The third-order valence-corrected chi connectivity index (χ3v) is 5.76. The van der Waals surface area contributed by atoms with Crippen LogP contribution >= 0.6 is 0 Å². The summed E-state index contributed by atoms with van der Waals surface area (Å²) in [5, 5.41) is 10.6. The van der Waals surface area contributed by atoms with E-state index >= 15 is 0 Å². The topological polar surface area (TPSA) is 61.0 Å². The Balaban J connectivity index is 1.45. The summed E-state index contributed by atoms with van der Waals surface area (Å²) in [5.41, 5.74) is 6.65. The largest absolute Gasteiger partial charge is 0.325 e. The minimum atomic E-state index is 0.0382. The third kappa shape index (κ3) is 4.40. The van der Waals surface area contributed by atoms with Crippen molar-refractivity contribution in [3.63, 3.8) is 0 Å². The number of carbonyl (C=O) groups excluding carboxylic acids is 1. The molecule has 5 nitrogen and oxygen atoms in total. The third-order valence-electron chi connectivity index (χ3n) is 5.76. The quantitative estimate of drug-likeness (QED) is 0.658. The van der Waals surface area contributed by atoms with Crippen molar-refractivity contribution in [1.29, 1.82) is 0 Å². The van der Waals surface area contributed by atoms with E-state index in [4.69, 9.17) is 0 Å². The zero-order valence-corrected chi connectivity index (χ0v) is 17.1. The van der Waals surface area contributed by atoms with Gasteiger partial charge >= 0.3 is 0 Å². The first-order chi connectivity index (χ1) is 14.1. The van der Waals surface area contributed by atoms with Gasteiger partial charge in [-0.25, -0.2) is 0 Å². The summed E-state index contributed by atoms with van der Waals surface area (Å²) >= 11 is 0. The number of para-hydroxylation sites is 1. The number of aromatic amines is 1. The van der Waals surface area contributed by atoms with Crippen LogP contribution in [0.4, 0.5) is 5.69 Å². The van der Waals surface area contributed by atoms with Crippen LogP contribution in [0.3, 0.4) is 0 Å². The number of amides is 1. The van der Waals surface area contributed by atoms with Crippen molar-refractivity contribution in [3.05, 3.63) is 82.7 Å². The predicted molar refractivity (Wildman–Crippen MR) is 116 cm³/mol. The second kappa shape index (κ2) is 8.62. The average Bonchev–Trinajstić information content (AvgIpc) is 3.29. The van der Waals surface area contributed by atoms with E-state index < -0.39 is 0 Å². The van der Waals surface area contributed by atoms with Gasteiger partial charge in [0.1, 0.15) is 0 Å². The van der Waals surface area contributed by atoms with E-state index in [1.165, 1.54) is 11.1 Å². The number of hydrogen-bond acceptors (Lipinski definition) is 3. The molecule has 1 saturated heterocycles. The molecular formula is C24H28N4O. The maximum atomic E-state index is 12.9. The molecule has 1 atom stereocenters. The minimum absolute atomic E-state index is 0.0382. The van der Waals surface area contributed by atoms with E-state index in [2.05, 4.69) is 45.5 Å². The number of hydrogen-bond donors (Lipinski definition) is 2. The zero-order chi connectivity index (χ0) is 20.2. The molecule has 3 aromatic rings. The SMILES string of the molecule is Cc1n[nH]c(C)c1C1CCCN1CC(=O)Nc1ccccc1Cc1ccccc1. The van der Waals surface area contributed by atoms with Crippen LogP contribution in [0.2, 0.25) is 0 Å². The second-order valence-corrected chi connectivity index (χ2v) is 7.84. The molecule has 0 bridgehead atoms. The molecule has 4 rings (SSSR count). The van der Waals surface area contributed by atoms with Gasteiger partial charge in [0.15, 0.2) is 0 Å². The molecule has 2 aromatic carbocycles. The van der Waals surface area contributed by atoms with Crippen molar-refractivity contribution in [1.82, 2.24) is 15.1 Å². The first-order valence-electron chi connectivity index (χ1n) is 10.3. The highest BCUT2D eigenvalue weighted by Crippen LogP contribution is 2.34. The molecule has 1 fully saturated rings. The Morgan fingerprint density at radius 1 is 1.14 bits per heavy atom. The number of likely N-dealkylation sites (tertiary alicyclic amines) is 1. The average molecular weight is 389 g/mol. The number of carbonyl (C=O) groups is 1. The van der Waals surface area contributed by atoms with Gasteiger partial charge < -0.3 is 5.32 Å². The fourth-order valence-corrected chi connectivity index (χ4v) is 4.38. The van der Waals surface area contributed by atoms with Crippen LogP contribution in [0, 0.1) is 13.8 Å². The first-order valence-corrected chi connectivity index (χ1v) is 10.3. The fourth-order valence-electron chi connectivity index (χ4n) is 4.38. The van der Waals surface area contributed by atoms with Gasteiger partial charge in [-0.15, -0.1) is 0 Å². The van der Waals surface area contributed by atoms with E-state index in [-0.39, 0.29) is 11.9 Å². The highest BCUT2D eigenvalue weighted by Gasteiger charge is 2.30. The van der Waals surface area contributed by atoms with Crippen molar-refractivity contribution in [2.24, 2.45) is 0 Å². The van der Waals surface area contributed by atoms with Crippen LogP contribution in [0.25, 0.3) is 0 Å². The Morgan fingerprint density at radius 2 is 1.90 bits per heavy atom. The number of H-pyrrole nitrogens is 1. The van der Waals surface area contributed by atoms with Gasteiger partial charge in [-0.3, -0.25) is 14.8 Å². The van der Waals surface area contributed by atoms with Crippen LogP contribution < -0.4 is 5.32 Å². The van der Waals surface area contributed by atoms with Crippen LogP contribution in [0.1, 0.15) is 47.0 Å². The van der Waals surface area contributed by atoms with Crippen LogP contribution in [-0.2, 0) is 11.2 Å². The summed E-state index contributed by atoms with van der Waals surface area (Å²) in [7, 11) is 0. The monoisotopic (exact) mass is 388 g/mol. The number of rotatable bonds is 6. The van der Waals surface area contributed by atoms with Gasteiger partial charge in [-0.2, -0.15) is 5.10 Å². The van der Waals surface area contributed by atoms with Crippen LogP contribution in [-0.4, -0.2) is 34.1 Å². The van der Waals surface area contributed by atoms with Gasteiger partial charge in [-0.1, -0.05) is 48.5 Å². The Bertz CT molecular complexity index is 960. The Hall–Kier alpha value is -2.92. The lowest BCUT2D eigenvalue weighted by Gasteiger charge is -2.24. The van der Waals surface area contributed by atoms with Crippen molar-refractivity contribution < 1.29 is 4.79 Å². The summed E-state index contributed by atoms with van der Waals surface area (Å²) in [6.07, 6.45) is 2.97. The Kier molecular flexibility index (Phi) is 5.76. The molecule has 150 valence electrons. The maximum Gasteiger partial charge on any atom is 0.238 e. The molecule has 0 radical (unpaired) electrons. The van der Waals surface area contributed by atoms with E-state index in [0.29, 0.717) is 6.54 Å². The minimum Gasteiger partial charge on any atom is -0.325 e. The molecule has 1 unspecified atom stereocenters. The predicted octanol–water partition coefficient (Wildman–Crippen LogP) is 4.39. The van der Waals surface area contributed by atoms with E-state index in [1.54, 1.807) is 0 Å². The summed E-state index contributed by atoms with van der Waals surface area (Å²) in [4.78, 5) is 15.2. The summed E-state index contributed by atoms with van der Waals surface area (Å²) < 4.78 is 0. The van der Waals surface area contributed by atoms with Gasteiger partial charge in [0.2, 0.25) is 5.91 Å². The van der Waals surface area contributed by atoms with Crippen molar-refractivity contribution >= 4 is 11.6 Å². The number of benzene rings is 2. The number of aromatic nitrogens is 2. The smallest absolute Gasteiger partial charge is 0.238 e. The number of nitrogens with one attached hydrogen (secondary N) is 2. The normalized spacial score (nSPS) is 16.8. The van der Waals surface area contributed by atoms with Gasteiger partial charge in [0.25, 0.3) is 0 Å². The summed E-state index contributed by atoms with van der Waals surface area (Å²) in [6, 6.07) is 18.7. The summed E-state index contributed by atoms with van der Waals surface area (Å²) in [6.45, 7) is 5.43.